The van der Waals surface area contributed by atoms with Crippen molar-refractivity contribution >= 4 is 41.9 Å². The normalized spacial score (nSPS) is 24.3. The third-order valence-corrected chi connectivity index (χ3v) is 17.5. The monoisotopic (exact) mass is 1070 g/mol. The molecule has 4 aromatic rings. The van der Waals surface area contributed by atoms with Gasteiger partial charge in [-0.05, 0) is 88.1 Å². The summed E-state index contributed by atoms with van der Waals surface area (Å²) in [5.74, 6) is 1.50. The quantitative estimate of drug-likeness (QED) is 0.0343. The number of likely N-dealkylation sites (tertiary alicyclic amines) is 2. The molecule has 70 heavy (non-hydrogen) atoms. The molecule has 2 saturated heterocycles. The molecule has 0 bridgehead atoms. The number of ether oxygens (including phenoxy) is 2. The molecule has 4 fully saturated rings. The molecular weight excluding hydrogens is 993 g/mol. The number of furan rings is 2. The second kappa shape index (κ2) is 28.6. The molecular formula is C55H77BrN2O10S2. The van der Waals surface area contributed by atoms with Gasteiger partial charge in [-0.2, -0.15) is 0 Å². The molecule has 6 atom stereocenters. The van der Waals surface area contributed by atoms with E-state index >= 15 is 0 Å². The number of hydrogen-bond acceptors (Lipinski definition) is 12. The van der Waals surface area contributed by atoms with Crippen LogP contribution in [-0.2, 0) is 35.1 Å². The first-order valence-corrected chi connectivity index (χ1v) is 27.6. The predicted octanol–water partition coefficient (Wildman–Crippen LogP) is 6.13. The smallest absolute Gasteiger partial charge is 0.346 e. The van der Waals surface area contributed by atoms with Crippen LogP contribution < -0.4 is 22.1 Å². The van der Waals surface area contributed by atoms with Crippen molar-refractivity contribution < 1.29 is 74.0 Å². The van der Waals surface area contributed by atoms with Crippen LogP contribution in [-0.4, -0.2) is 114 Å². The summed E-state index contributed by atoms with van der Waals surface area (Å²) in [6.07, 6.45) is 16.4. The SMILES string of the molecule is CC[N+]1(CCCSc2ccccc2)CCC(OC(=O)C(O)(c2ccco2)C2CCCCC2)C1.CC[N+]1(CCCSc2ccccc2)CCC(OC(=O)C(O)(c2ccco2)C2CCCCC2)C1.O=C[O-].[Br-]. The van der Waals surface area contributed by atoms with Gasteiger partial charge in [0, 0.05) is 65.3 Å². The fourth-order valence-electron chi connectivity index (χ4n) is 11.2. The lowest BCUT2D eigenvalue weighted by molar-refractivity contribution is -0.916. The Kier molecular flexibility index (Phi) is 23.4. The summed E-state index contributed by atoms with van der Waals surface area (Å²) in [6.45, 7) is 11.9. The highest BCUT2D eigenvalue weighted by Crippen LogP contribution is 2.43. The van der Waals surface area contributed by atoms with Crippen molar-refractivity contribution in [3.8, 4) is 0 Å². The zero-order chi connectivity index (χ0) is 49.0. The van der Waals surface area contributed by atoms with Crippen LogP contribution in [0.2, 0.25) is 0 Å². The Morgan fingerprint density at radius 1 is 0.629 bits per heavy atom. The number of likely N-dealkylation sites (N-methyl/N-ethyl adjacent to an activating group) is 2. The minimum absolute atomic E-state index is 0. The minimum Gasteiger partial charge on any atom is -1.00 e. The molecule has 2 aromatic carbocycles. The number of aliphatic hydroxyl groups is 2. The van der Waals surface area contributed by atoms with Crippen molar-refractivity contribution in [2.75, 3.05) is 63.9 Å². The third kappa shape index (κ3) is 15.2. The van der Waals surface area contributed by atoms with Crippen molar-refractivity contribution in [3.63, 3.8) is 0 Å². The van der Waals surface area contributed by atoms with Crippen molar-refractivity contribution in [1.29, 1.82) is 0 Å². The lowest BCUT2D eigenvalue weighted by Crippen LogP contribution is -3.00. The molecule has 0 amide bonds. The van der Waals surface area contributed by atoms with E-state index in [1.165, 1.54) is 22.3 Å². The number of quaternary nitrogens is 2. The molecule has 0 radical (unpaired) electrons. The van der Waals surface area contributed by atoms with E-state index in [0.717, 1.165) is 163 Å². The summed E-state index contributed by atoms with van der Waals surface area (Å²) in [5.41, 5.74) is -3.36. The van der Waals surface area contributed by atoms with Crippen LogP contribution in [0.1, 0.15) is 115 Å². The molecule has 386 valence electrons. The minimum atomic E-state index is -1.68. The van der Waals surface area contributed by atoms with E-state index in [9.17, 15) is 19.8 Å². The standard InChI is InChI=1S/2C27H38NO4S.CH2O2.BrH/c2*1-2-28(17-10-20-33-24-13-7-4-8-14-24)18-16-23(21-28)32-26(29)27(30,25-15-9-19-31-25)22-11-5-3-6-12-22;2-1-3;/h2*4,7-9,13-15,19,22-23,30H,2-3,5-6,10-12,16-18,20-21H2,1H3;1H,(H,2,3);1H/q2*+1;;/p-2. The molecule has 2 saturated carbocycles. The number of benzene rings is 2. The van der Waals surface area contributed by atoms with Gasteiger partial charge in [-0.15, -0.1) is 23.5 Å². The van der Waals surface area contributed by atoms with Crippen molar-refractivity contribution in [2.45, 2.75) is 137 Å². The molecule has 2 aliphatic carbocycles. The molecule has 2 N–H and O–H groups in total. The Balaban J connectivity index is 0.000000244. The van der Waals surface area contributed by atoms with Crippen LogP contribution in [0.4, 0.5) is 0 Å². The second-order valence-electron chi connectivity index (χ2n) is 19.5. The van der Waals surface area contributed by atoms with Gasteiger partial charge in [0.1, 0.15) is 24.6 Å². The summed E-state index contributed by atoms with van der Waals surface area (Å²) < 4.78 is 25.1. The van der Waals surface area contributed by atoms with E-state index in [4.69, 9.17) is 28.2 Å². The summed E-state index contributed by atoms with van der Waals surface area (Å²) in [5, 5.41) is 31.5. The number of carbonyl (C=O) groups excluding carboxylic acids is 3. The van der Waals surface area contributed by atoms with E-state index < -0.39 is 29.6 Å². The molecule has 2 aliphatic heterocycles. The van der Waals surface area contributed by atoms with E-state index in [2.05, 4.69) is 62.4 Å². The van der Waals surface area contributed by atoms with E-state index in [0.29, 0.717) is 11.5 Å². The molecule has 12 nitrogen and oxygen atoms in total. The van der Waals surface area contributed by atoms with Crippen LogP contribution in [0.25, 0.3) is 0 Å². The van der Waals surface area contributed by atoms with Gasteiger partial charge in [0.15, 0.2) is 12.2 Å². The first kappa shape index (κ1) is 57.3. The number of esters is 2. The average molecular weight is 1070 g/mol. The van der Waals surface area contributed by atoms with Crippen LogP contribution >= 0.6 is 23.5 Å². The maximum absolute atomic E-state index is 13.4. The van der Waals surface area contributed by atoms with Gasteiger partial charge in [-0.1, -0.05) is 74.9 Å². The van der Waals surface area contributed by atoms with Crippen LogP contribution in [0.15, 0.2) is 116 Å². The van der Waals surface area contributed by atoms with Crippen molar-refractivity contribution in [2.24, 2.45) is 11.8 Å². The Morgan fingerprint density at radius 2 is 1.00 bits per heavy atom. The number of carboxylic acid groups (broad SMARTS) is 1. The topological polar surface area (TPSA) is 159 Å². The number of hydrogen-bond donors (Lipinski definition) is 2. The van der Waals surface area contributed by atoms with Gasteiger partial charge in [0.25, 0.3) is 0 Å². The van der Waals surface area contributed by atoms with Crippen LogP contribution in [0.5, 0.6) is 0 Å². The summed E-state index contributed by atoms with van der Waals surface area (Å²) >= 11 is 3.81. The number of halogens is 1. The molecule has 15 heteroatoms. The van der Waals surface area contributed by atoms with Gasteiger partial charge in [-0.25, -0.2) is 9.59 Å². The third-order valence-electron chi connectivity index (χ3n) is 15.3. The largest absolute Gasteiger partial charge is 1.00 e. The zero-order valence-electron chi connectivity index (χ0n) is 41.3. The Bertz CT molecular complexity index is 1940. The molecule has 8 rings (SSSR count). The van der Waals surface area contributed by atoms with Crippen molar-refractivity contribution in [3.05, 3.63) is 109 Å². The second-order valence-corrected chi connectivity index (χ2v) is 21.8. The summed E-state index contributed by atoms with van der Waals surface area (Å²) in [4.78, 5) is 37.7. The van der Waals surface area contributed by atoms with Crippen molar-refractivity contribution in [1.82, 2.24) is 0 Å². The Morgan fingerprint density at radius 3 is 1.33 bits per heavy atom. The van der Waals surface area contributed by atoms with Gasteiger partial charge in [0.2, 0.25) is 11.2 Å². The van der Waals surface area contributed by atoms with Gasteiger partial charge in [0.05, 0.1) is 51.8 Å². The summed E-state index contributed by atoms with van der Waals surface area (Å²) in [7, 11) is 0. The Labute approximate surface area is 435 Å². The number of nitrogens with zero attached hydrogens (tertiary/aromatic N) is 2. The fourth-order valence-corrected chi connectivity index (χ4v) is 12.9. The Hall–Kier alpha value is -3.57. The summed E-state index contributed by atoms with van der Waals surface area (Å²) in [6, 6.07) is 28.0. The molecule has 4 aliphatic rings. The van der Waals surface area contributed by atoms with Crippen LogP contribution in [0, 0.1) is 11.8 Å². The molecule has 4 heterocycles. The first-order chi connectivity index (χ1) is 33.5. The first-order valence-electron chi connectivity index (χ1n) is 25.6. The number of carbonyl (C=O) groups is 3. The van der Waals surface area contributed by atoms with E-state index in [1.54, 1.807) is 24.3 Å². The maximum Gasteiger partial charge on any atom is 0.346 e. The van der Waals surface area contributed by atoms with Gasteiger partial charge < -0.3 is 64.4 Å². The van der Waals surface area contributed by atoms with Gasteiger partial charge in [-0.3, -0.25) is 0 Å². The molecule has 2 aromatic heterocycles. The fraction of sp³-hybridized carbons (Fsp3) is 0.582. The average Bonchev–Trinajstić information content (AvgIpc) is 4.26. The number of rotatable bonds is 20. The molecule has 6 unspecified atom stereocenters. The highest BCUT2D eigenvalue weighted by molar-refractivity contribution is 7.99. The predicted molar refractivity (Wildman–Crippen MR) is 268 cm³/mol. The van der Waals surface area contributed by atoms with Gasteiger partial charge >= 0.3 is 11.9 Å². The lowest BCUT2D eigenvalue weighted by atomic mass is 9.75. The highest BCUT2D eigenvalue weighted by atomic mass is 79.9. The highest BCUT2D eigenvalue weighted by Gasteiger charge is 2.53. The number of thioether (sulfide) groups is 2. The van der Waals surface area contributed by atoms with E-state index in [1.807, 2.05) is 35.7 Å². The molecule has 0 spiro atoms. The van der Waals surface area contributed by atoms with E-state index in [-0.39, 0.29) is 41.0 Å². The lowest BCUT2D eigenvalue weighted by Gasteiger charge is -2.36. The maximum atomic E-state index is 13.4. The zero-order valence-corrected chi connectivity index (χ0v) is 44.6. The van der Waals surface area contributed by atoms with Crippen LogP contribution in [0.3, 0.4) is 0 Å².